The molecule has 0 aliphatic heterocycles. The average Bonchev–Trinajstić information content (AvgIpc) is 2.75. The van der Waals surface area contributed by atoms with Gasteiger partial charge in [-0.05, 0) is 32.0 Å². The summed E-state index contributed by atoms with van der Waals surface area (Å²) in [4.78, 5) is 4.38. The summed E-state index contributed by atoms with van der Waals surface area (Å²) in [5.74, 6) is -1.07. The van der Waals surface area contributed by atoms with Crippen LogP contribution in [0.15, 0.2) is 23.6 Å². The molecular formula is C13H14F2N2S. The van der Waals surface area contributed by atoms with Gasteiger partial charge in [0.05, 0.1) is 16.7 Å². The van der Waals surface area contributed by atoms with Crippen LogP contribution in [0.5, 0.6) is 0 Å². The molecule has 2 nitrogen and oxygen atoms in total. The molecule has 0 radical (unpaired) electrons. The van der Waals surface area contributed by atoms with Gasteiger partial charge in [0, 0.05) is 11.4 Å². The summed E-state index contributed by atoms with van der Waals surface area (Å²) in [6.07, 6.45) is 0.450. The lowest BCUT2D eigenvalue weighted by molar-refractivity contribution is 0.535. The van der Waals surface area contributed by atoms with Gasteiger partial charge in [-0.1, -0.05) is 6.07 Å². The predicted molar refractivity (Wildman–Crippen MR) is 68.7 cm³/mol. The van der Waals surface area contributed by atoms with Crippen LogP contribution in [0.1, 0.15) is 22.3 Å². The van der Waals surface area contributed by atoms with Gasteiger partial charge in [-0.15, -0.1) is 11.3 Å². The van der Waals surface area contributed by atoms with Crippen molar-refractivity contribution in [3.8, 4) is 0 Å². The van der Waals surface area contributed by atoms with Gasteiger partial charge in [-0.2, -0.15) is 0 Å². The molecule has 5 heteroatoms. The van der Waals surface area contributed by atoms with Crippen molar-refractivity contribution in [2.45, 2.75) is 19.4 Å². The third kappa shape index (κ3) is 2.91. The Kier molecular flexibility index (Phi) is 4.04. The Morgan fingerprint density at radius 3 is 2.72 bits per heavy atom. The fourth-order valence-corrected chi connectivity index (χ4v) is 2.47. The van der Waals surface area contributed by atoms with E-state index < -0.39 is 11.6 Å². The molecule has 1 aromatic carbocycles. The van der Waals surface area contributed by atoms with Gasteiger partial charge in [0.1, 0.15) is 11.6 Å². The minimum Gasteiger partial charge on any atom is -0.311 e. The van der Waals surface area contributed by atoms with Crippen LogP contribution in [0.25, 0.3) is 0 Å². The molecule has 96 valence electrons. The molecule has 0 aliphatic rings. The molecule has 18 heavy (non-hydrogen) atoms. The Hall–Kier alpha value is -1.33. The number of benzene rings is 1. The number of hydrogen-bond acceptors (Lipinski definition) is 3. The minimum absolute atomic E-state index is 0.0603. The highest BCUT2D eigenvalue weighted by Crippen LogP contribution is 2.21. The molecule has 1 heterocycles. The van der Waals surface area contributed by atoms with E-state index >= 15 is 0 Å². The molecule has 0 aliphatic carbocycles. The van der Waals surface area contributed by atoms with E-state index in [9.17, 15) is 8.78 Å². The monoisotopic (exact) mass is 268 g/mol. The van der Waals surface area contributed by atoms with E-state index in [-0.39, 0.29) is 6.04 Å². The number of halogens is 2. The summed E-state index contributed by atoms with van der Waals surface area (Å²) in [5.41, 5.74) is 1.38. The second-order valence-electron chi connectivity index (χ2n) is 4.07. The molecule has 1 aromatic heterocycles. The second-order valence-corrected chi connectivity index (χ2v) is 5.13. The molecule has 2 aromatic rings. The van der Waals surface area contributed by atoms with Crippen LogP contribution in [-0.2, 0) is 6.42 Å². The van der Waals surface area contributed by atoms with Crippen molar-refractivity contribution in [1.29, 1.82) is 0 Å². The zero-order chi connectivity index (χ0) is 13.1. The summed E-state index contributed by atoms with van der Waals surface area (Å²) >= 11 is 1.56. The molecule has 1 N–H and O–H groups in total. The van der Waals surface area contributed by atoms with Crippen LogP contribution in [0.2, 0.25) is 0 Å². The molecule has 0 fully saturated rings. The van der Waals surface area contributed by atoms with E-state index in [2.05, 4.69) is 10.3 Å². The lowest BCUT2D eigenvalue weighted by Gasteiger charge is -2.14. The lowest BCUT2D eigenvalue weighted by atomic mass is 10.0. The Morgan fingerprint density at radius 1 is 1.39 bits per heavy atom. The maximum absolute atomic E-state index is 13.6. The SMILES string of the molecule is CNC(Cc1ccc(F)cc1F)c1csc(C)n1. The average molecular weight is 268 g/mol. The highest BCUT2D eigenvalue weighted by molar-refractivity contribution is 7.09. The van der Waals surface area contributed by atoms with Crippen molar-refractivity contribution in [3.05, 3.63) is 51.5 Å². The molecule has 0 spiro atoms. The molecular weight excluding hydrogens is 254 g/mol. The van der Waals surface area contributed by atoms with E-state index in [0.717, 1.165) is 16.8 Å². The number of likely N-dealkylation sites (N-methyl/N-ethyl adjacent to an activating group) is 1. The van der Waals surface area contributed by atoms with Crippen LogP contribution in [0, 0.1) is 18.6 Å². The van der Waals surface area contributed by atoms with Crippen LogP contribution >= 0.6 is 11.3 Å². The first kappa shape index (κ1) is 13.1. The Morgan fingerprint density at radius 2 is 2.17 bits per heavy atom. The Bertz CT molecular complexity index is 540. The van der Waals surface area contributed by atoms with E-state index in [4.69, 9.17) is 0 Å². The summed E-state index contributed by atoms with van der Waals surface area (Å²) in [6, 6.07) is 3.61. The van der Waals surface area contributed by atoms with E-state index in [0.29, 0.717) is 12.0 Å². The summed E-state index contributed by atoms with van der Waals surface area (Å²) in [6.45, 7) is 1.93. The summed E-state index contributed by atoms with van der Waals surface area (Å²) < 4.78 is 26.4. The van der Waals surface area contributed by atoms with Crippen LogP contribution in [0.4, 0.5) is 8.78 Å². The number of nitrogens with zero attached hydrogens (tertiary/aromatic N) is 1. The van der Waals surface area contributed by atoms with Crippen LogP contribution < -0.4 is 5.32 Å². The van der Waals surface area contributed by atoms with Crippen LogP contribution in [0.3, 0.4) is 0 Å². The number of aryl methyl sites for hydroxylation is 1. The smallest absolute Gasteiger partial charge is 0.129 e. The zero-order valence-corrected chi connectivity index (χ0v) is 11.0. The Balaban J connectivity index is 2.20. The van der Waals surface area contributed by atoms with Gasteiger partial charge in [-0.25, -0.2) is 13.8 Å². The van der Waals surface area contributed by atoms with E-state index in [1.165, 1.54) is 12.1 Å². The molecule has 0 amide bonds. The van der Waals surface area contributed by atoms with Gasteiger partial charge < -0.3 is 5.32 Å². The predicted octanol–water partition coefficient (Wildman–Crippen LogP) is 3.23. The van der Waals surface area contributed by atoms with Crippen molar-refractivity contribution in [2.24, 2.45) is 0 Å². The molecule has 1 atom stereocenters. The first-order valence-electron chi connectivity index (χ1n) is 5.63. The van der Waals surface area contributed by atoms with Gasteiger partial charge in [0.15, 0.2) is 0 Å². The number of thiazole rings is 1. The summed E-state index contributed by atoms with van der Waals surface area (Å²) in [5, 5.41) is 6.04. The van der Waals surface area contributed by atoms with Crippen LogP contribution in [-0.4, -0.2) is 12.0 Å². The lowest BCUT2D eigenvalue weighted by Crippen LogP contribution is -2.19. The third-order valence-electron chi connectivity index (χ3n) is 2.78. The highest BCUT2D eigenvalue weighted by atomic mass is 32.1. The summed E-state index contributed by atoms with van der Waals surface area (Å²) in [7, 11) is 1.81. The fraction of sp³-hybridized carbons (Fsp3) is 0.308. The van der Waals surface area contributed by atoms with Gasteiger partial charge >= 0.3 is 0 Å². The van der Waals surface area contributed by atoms with E-state index in [1.807, 2.05) is 12.3 Å². The van der Waals surface area contributed by atoms with Gasteiger partial charge in [-0.3, -0.25) is 0 Å². The minimum atomic E-state index is -0.554. The quantitative estimate of drug-likeness (QED) is 0.921. The maximum atomic E-state index is 13.6. The van der Waals surface area contributed by atoms with Crippen molar-refractivity contribution in [1.82, 2.24) is 10.3 Å². The van der Waals surface area contributed by atoms with Gasteiger partial charge in [0.25, 0.3) is 0 Å². The number of hydrogen-bond donors (Lipinski definition) is 1. The van der Waals surface area contributed by atoms with Crippen molar-refractivity contribution in [3.63, 3.8) is 0 Å². The standard InChI is InChI=1S/C13H14F2N2S/c1-8-17-13(7-18-8)12(16-2)5-9-3-4-10(14)6-11(9)15/h3-4,6-7,12,16H,5H2,1-2H3. The normalized spacial score (nSPS) is 12.7. The molecule has 0 bridgehead atoms. The number of aromatic nitrogens is 1. The molecule has 0 saturated carbocycles. The maximum Gasteiger partial charge on any atom is 0.129 e. The topological polar surface area (TPSA) is 24.9 Å². The molecule has 2 rings (SSSR count). The van der Waals surface area contributed by atoms with Crippen molar-refractivity contribution >= 4 is 11.3 Å². The second kappa shape index (κ2) is 5.54. The third-order valence-corrected chi connectivity index (χ3v) is 3.57. The zero-order valence-electron chi connectivity index (χ0n) is 10.2. The fourth-order valence-electron chi connectivity index (χ4n) is 1.80. The Labute approximate surface area is 109 Å². The largest absolute Gasteiger partial charge is 0.311 e. The van der Waals surface area contributed by atoms with E-state index in [1.54, 1.807) is 18.4 Å². The number of nitrogens with one attached hydrogen (secondary N) is 1. The number of rotatable bonds is 4. The molecule has 0 saturated heterocycles. The van der Waals surface area contributed by atoms with Crippen molar-refractivity contribution in [2.75, 3.05) is 7.05 Å². The van der Waals surface area contributed by atoms with Gasteiger partial charge in [0.2, 0.25) is 0 Å². The first-order valence-corrected chi connectivity index (χ1v) is 6.51. The first-order chi connectivity index (χ1) is 8.60. The molecule has 1 unspecified atom stereocenters. The van der Waals surface area contributed by atoms with Crippen molar-refractivity contribution < 1.29 is 8.78 Å². The highest BCUT2D eigenvalue weighted by Gasteiger charge is 2.15.